The summed E-state index contributed by atoms with van der Waals surface area (Å²) in [5.74, 6) is 4.76. The second-order valence-corrected chi connectivity index (χ2v) is 5.80. The van der Waals surface area contributed by atoms with Crippen LogP contribution in [0.15, 0.2) is 29.2 Å². The molecular weight excluding hydrogens is 230 g/mol. The van der Waals surface area contributed by atoms with Gasteiger partial charge in [-0.3, -0.25) is 0 Å². The molecule has 1 nitrogen and oxygen atoms in total. The fourth-order valence-electron chi connectivity index (χ4n) is 1.32. The Kier molecular flexibility index (Phi) is 3.96. The molecule has 1 aliphatic rings. The van der Waals surface area contributed by atoms with E-state index in [9.17, 15) is 0 Å². The Labute approximate surface area is 99.0 Å². The van der Waals surface area contributed by atoms with Crippen molar-refractivity contribution in [3.05, 3.63) is 24.3 Å². The van der Waals surface area contributed by atoms with E-state index in [2.05, 4.69) is 41.8 Å². The first kappa shape index (κ1) is 10.6. The molecule has 0 saturated carbocycles. The molecule has 1 saturated heterocycles. The fraction of sp³-hybridized carbons (Fsp3) is 0.400. The molecule has 76 valence electrons. The minimum Gasteiger partial charge on any atom is -0.353 e. The lowest BCUT2D eigenvalue weighted by atomic mass is 10.3. The van der Waals surface area contributed by atoms with Crippen LogP contribution in [0, 0.1) is 0 Å². The Balaban J connectivity index is 2.08. The zero-order valence-electron chi connectivity index (χ0n) is 7.85. The van der Waals surface area contributed by atoms with Crippen LogP contribution in [0.3, 0.4) is 0 Å². The minimum atomic E-state index is 1.03. The fourth-order valence-corrected chi connectivity index (χ4v) is 3.70. The second kappa shape index (κ2) is 5.24. The number of thioether (sulfide) groups is 2. The maximum Gasteiger partial charge on any atom is 0.0648 e. The summed E-state index contributed by atoms with van der Waals surface area (Å²) in [5, 5.41) is 0. The van der Waals surface area contributed by atoms with E-state index >= 15 is 0 Å². The molecule has 0 unspecified atom stereocenters. The summed E-state index contributed by atoms with van der Waals surface area (Å²) < 4.78 is 0. The standard InChI is InChI=1S/C10H13NS3/c12-10-3-1-9(2-4-10)11-7-13-5-6-14-8-11/h1-4,12H,5-8H2. The Morgan fingerprint density at radius 3 is 2.14 bits per heavy atom. The number of rotatable bonds is 1. The second-order valence-electron chi connectivity index (χ2n) is 3.13. The lowest BCUT2D eigenvalue weighted by Crippen LogP contribution is -2.20. The predicted octanol–water partition coefficient (Wildman–Crippen LogP) is 3.18. The van der Waals surface area contributed by atoms with Crippen molar-refractivity contribution in [2.45, 2.75) is 4.90 Å². The van der Waals surface area contributed by atoms with E-state index in [0.717, 1.165) is 16.6 Å². The van der Waals surface area contributed by atoms with Crippen molar-refractivity contribution in [2.24, 2.45) is 0 Å². The Hall–Kier alpha value is 0.0700. The van der Waals surface area contributed by atoms with Gasteiger partial charge < -0.3 is 4.90 Å². The molecule has 14 heavy (non-hydrogen) atoms. The quantitative estimate of drug-likeness (QED) is 0.755. The van der Waals surface area contributed by atoms with Gasteiger partial charge in [0, 0.05) is 22.1 Å². The highest BCUT2D eigenvalue weighted by Gasteiger charge is 2.09. The van der Waals surface area contributed by atoms with Crippen LogP contribution in [-0.4, -0.2) is 23.3 Å². The van der Waals surface area contributed by atoms with Gasteiger partial charge in [-0.1, -0.05) is 0 Å². The zero-order valence-corrected chi connectivity index (χ0v) is 10.4. The third-order valence-electron chi connectivity index (χ3n) is 2.08. The summed E-state index contributed by atoms with van der Waals surface area (Å²) in [6.07, 6.45) is 0. The van der Waals surface area contributed by atoms with E-state index in [1.165, 1.54) is 17.2 Å². The number of hydrogen-bond donors (Lipinski definition) is 1. The number of hydrogen-bond acceptors (Lipinski definition) is 4. The summed E-state index contributed by atoms with van der Waals surface area (Å²) in [7, 11) is 0. The topological polar surface area (TPSA) is 3.24 Å². The van der Waals surface area contributed by atoms with Crippen LogP contribution in [0.25, 0.3) is 0 Å². The van der Waals surface area contributed by atoms with Gasteiger partial charge in [-0.2, -0.15) is 0 Å². The van der Waals surface area contributed by atoms with Crippen molar-refractivity contribution in [3.63, 3.8) is 0 Å². The Bertz CT molecular complexity index is 278. The third-order valence-corrected chi connectivity index (χ3v) is 4.61. The maximum absolute atomic E-state index is 4.29. The molecule has 0 atom stereocenters. The minimum absolute atomic E-state index is 1.03. The number of thiol groups is 1. The molecule has 1 aliphatic heterocycles. The van der Waals surface area contributed by atoms with E-state index in [-0.39, 0.29) is 0 Å². The maximum atomic E-state index is 4.29. The van der Waals surface area contributed by atoms with Crippen LogP contribution < -0.4 is 4.90 Å². The molecule has 0 spiro atoms. The molecule has 0 bridgehead atoms. The Morgan fingerprint density at radius 1 is 1.00 bits per heavy atom. The van der Waals surface area contributed by atoms with Gasteiger partial charge in [0.05, 0.1) is 11.8 Å². The van der Waals surface area contributed by atoms with Crippen molar-refractivity contribution >= 4 is 41.8 Å². The van der Waals surface area contributed by atoms with Crippen LogP contribution in [0.5, 0.6) is 0 Å². The van der Waals surface area contributed by atoms with Crippen molar-refractivity contribution in [1.29, 1.82) is 0 Å². The van der Waals surface area contributed by atoms with Crippen molar-refractivity contribution in [1.82, 2.24) is 0 Å². The summed E-state index contributed by atoms with van der Waals surface area (Å²) >= 11 is 8.31. The molecule has 0 radical (unpaired) electrons. The summed E-state index contributed by atoms with van der Waals surface area (Å²) in [6.45, 7) is 0. The van der Waals surface area contributed by atoms with E-state index in [4.69, 9.17) is 0 Å². The molecule has 0 aromatic heterocycles. The van der Waals surface area contributed by atoms with Gasteiger partial charge in [0.2, 0.25) is 0 Å². The van der Waals surface area contributed by atoms with Crippen molar-refractivity contribution < 1.29 is 0 Å². The SMILES string of the molecule is Sc1ccc(N2CSCCSC2)cc1. The lowest BCUT2D eigenvalue weighted by molar-refractivity contribution is 1.07. The highest BCUT2D eigenvalue weighted by atomic mass is 32.2. The van der Waals surface area contributed by atoms with Crippen LogP contribution in [-0.2, 0) is 0 Å². The molecule has 1 aromatic carbocycles. The van der Waals surface area contributed by atoms with E-state index < -0.39 is 0 Å². The molecule has 1 fully saturated rings. The molecule has 0 amide bonds. The van der Waals surface area contributed by atoms with E-state index in [1.807, 2.05) is 23.5 Å². The zero-order chi connectivity index (χ0) is 9.80. The lowest BCUT2D eigenvalue weighted by Gasteiger charge is -2.21. The molecule has 0 aliphatic carbocycles. The van der Waals surface area contributed by atoms with Gasteiger partial charge >= 0.3 is 0 Å². The van der Waals surface area contributed by atoms with Gasteiger partial charge in [0.1, 0.15) is 0 Å². The summed E-state index contributed by atoms with van der Waals surface area (Å²) in [5.41, 5.74) is 1.31. The molecule has 2 rings (SSSR count). The first-order valence-corrected chi connectivity index (χ1v) is 7.31. The van der Waals surface area contributed by atoms with Gasteiger partial charge in [-0.25, -0.2) is 0 Å². The van der Waals surface area contributed by atoms with Gasteiger partial charge in [0.25, 0.3) is 0 Å². The summed E-state index contributed by atoms with van der Waals surface area (Å²) in [4.78, 5) is 3.44. The predicted molar refractivity (Wildman–Crippen MR) is 70.8 cm³/mol. The molecule has 0 N–H and O–H groups in total. The smallest absolute Gasteiger partial charge is 0.0648 e. The first-order chi connectivity index (χ1) is 6.86. The molecule has 1 aromatic rings. The summed E-state index contributed by atoms with van der Waals surface area (Å²) in [6, 6.07) is 8.40. The van der Waals surface area contributed by atoms with Gasteiger partial charge in [-0.15, -0.1) is 36.2 Å². The van der Waals surface area contributed by atoms with E-state index in [0.29, 0.717) is 0 Å². The largest absolute Gasteiger partial charge is 0.353 e. The number of anilines is 1. The van der Waals surface area contributed by atoms with Gasteiger partial charge in [-0.05, 0) is 24.3 Å². The average molecular weight is 243 g/mol. The van der Waals surface area contributed by atoms with Crippen molar-refractivity contribution in [3.8, 4) is 0 Å². The third kappa shape index (κ3) is 2.78. The normalized spacial score (nSPS) is 17.9. The molecule has 4 heteroatoms. The number of benzene rings is 1. The number of nitrogens with zero attached hydrogens (tertiary/aromatic N) is 1. The highest BCUT2D eigenvalue weighted by molar-refractivity contribution is 8.03. The average Bonchev–Trinajstić information content (AvgIpc) is 2.47. The first-order valence-electron chi connectivity index (χ1n) is 4.56. The van der Waals surface area contributed by atoms with Crippen LogP contribution in [0.4, 0.5) is 5.69 Å². The van der Waals surface area contributed by atoms with Crippen LogP contribution >= 0.6 is 36.2 Å². The monoisotopic (exact) mass is 243 g/mol. The van der Waals surface area contributed by atoms with Crippen LogP contribution in [0.1, 0.15) is 0 Å². The molecular formula is C10H13NS3. The molecule has 1 heterocycles. The van der Waals surface area contributed by atoms with Crippen molar-refractivity contribution in [2.75, 3.05) is 28.2 Å². The van der Waals surface area contributed by atoms with Gasteiger partial charge in [0.15, 0.2) is 0 Å². The van der Waals surface area contributed by atoms with E-state index in [1.54, 1.807) is 0 Å². The highest BCUT2D eigenvalue weighted by Crippen LogP contribution is 2.24. The Morgan fingerprint density at radius 2 is 1.57 bits per heavy atom. The van der Waals surface area contributed by atoms with Crippen LogP contribution in [0.2, 0.25) is 0 Å².